The predicted molar refractivity (Wildman–Crippen MR) is 118 cm³/mol. The second-order valence-electron chi connectivity index (χ2n) is 8.93. The van der Waals surface area contributed by atoms with E-state index in [1.54, 1.807) is 0 Å². The number of nitrogens with zero attached hydrogens (tertiary/aromatic N) is 4. The Morgan fingerprint density at radius 2 is 1.97 bits per heavy atom. The number of hydrogen-bond acceptors (Lipinski definition) is 3. The van der Waals surface area contributed by atoms with Gasteiger partial charge in [0.25, 0.3) is 0 Å². The van der Waals surface area contributed by atoms with Gasteiger partial charge in [-0.3, -0.25) is 9.69 Å². The molecule has 0 radical (unpaired) electrons. The first-order valence-corrected chi connectivity index (χ1v) is 11.3. The number of carbonyl (C=O) groups excluding carboxylic acids is 1. The van der Waals surface area contributed by atoms with Crippen LogP contribution in [0.1, 0.15) is 79.5 Å². The second kappa shape index (κ2) is 8.69. The number of amides is 1. The number of likely N-dealkylation sites (tertiary alicyclic amines) is 1. The van der Waals surface area contributed by atoms with Crippen molar-refractivity contribution in [3.63, 3.8) is 0 Å². The molecular weight excluding hydrogens is 374 g/mol. The first-order valence-electron chi connectivity index (χ1n) is 11.3. The molecule has 0 aromatic carbocycles. The van der Waals surface area contributed by atoms with Gasteiger partial charge < -0.3 is 14.5 Å². The van der Waals surface area contributed by atoms with Crippen LogP contribution in [0.3, 0.4) is 0 Å². The molecular formula is C24H33N5O. The lowest BCUT2D eigenvalue weighted by Gasteiger charge is -2.28. The maximum atomic E-state index is 13.1. The number of nitrogens with one attached hydrogen (secondary N) is 1. The van der Waals surface area contributed by atoms with Crippen molar-refractivity contribution in [1.82, 2.24) is 14.0 Å². The zero-order chi connectivity index (χ0) is 21.3. The summed E-state index contributed by atoms with van der Waals surface area (Å²) in [6.45, 7) is 5.35. The normalized spacial score (nSPS) is 20.4. The molecule has 1 N–H and O–H groups in total. The molecule has 2 aliphatic rings. The molecule has 0 spiro atoms. The van der Waals surface area contributed by atoms with Crippen LogP contribution in [0.15, 0.2) is 18.3 Å². The SMILES string of the molecule is Cc1c(C#N)c(NC(=O)CN2CCCC2c2cccn2C)n(C2CCCCC2)c1C. The minimum absolute atomic E-state index is 0.0258. The summed E-state index contributed by atoms with van der Waals surface area (Å²) in [5.74, 6) is 0.682. The monoisotopic (exact) mass is 407 g/mol. The van der Waals surface area contributed by atoms with E-state index in [4.69, 9.17) is 0 Å². The van der Waals surface area contributed by atoms with E-state index in [1.165, 1.54) is 25.0 Å². The minimum Gasteiger partial charge on any atom is -0.353 e. The molecule has 4 rings (SSSR count). The fourth-order valence-corrected chi connectivity index (χ4v) is 5.41. The summed E-state index contributed by atoms with van der Waals surface area (Å²) in [6, 6.07) is 7.21. The topological polar surface area (TPSA) is 66.0 Å². The van der Waals surface area contributed by atoms with Crippen LogP contribution in [0.2, 0.25) is 0 Å². The third-order valence-corrected chi connectivity index (χ3v) is 7.10. The highest BCUT2D eigenvalue weighted by Crippen LogP contribution is 2.37. The van der Waals surface area contributed by atoms with Crippen molar-refractivity contribution in [2.24, 2.45) is 7.05 Å². The maximum Gasteiger partial charge on any atom is 0.239 e. The zero-order valence-corrected chi connectivity index (χ0v) is 18.4. The van der Waals surface area contributed by atoms with E-state index in [0.717, 1.165) is 43.5 Å². The van der Waals surface area contributed by atoms with Gasteiger partial charge in [0.15, 0.2) is 0 Å². The van der Waals surface area contributed by atoms with Crippen LogP contribution in [-0.4, -0.2) is 33.0 Å². The van der Waals surface area contributed by atoms with Crippen molar-refractivity contribution >= 4 is 11.7 Å². The van der Waals surface area contributed by atoms with E-state index in [9.17, 15) is 10.1 Å². The number of hydrogen-bond donors (Lipinski definition) is 1. The van der Waals surface area contributed by atoms with Crippen molar-refractivity contribution in [1.29, 1.82) is 5.26 Å². The molecule has 160 valence electrons. The standard InChI is InChI=1S/C24H33N5O/c1-17-18(2)29(19-9-5-4-6-10-19)24(20(17)15-25)26-23(30)16-28-14-8-12-22(28)21-11-7-13-27(21)3/h7,11,13,19,22H,4-6,8-10,12,14,16H2,1-3H3,(H,26,30). The Balaban J connectivity index is 1.55. The van der Waals surface area contributed by atoms with Gasteiger partial charge in [-0.25, -0.2) is 0 Å². The van der Waals surface area contributed by atoms with Gasteiger partial charge in [0.1, 0.15) is 11.9 Å². The van der Waals surface area contributed by atoms with Crippen LogP contribution in [0.25, 0.3) is 0 Å². The molecule has 1 aliphatic heterocycles. The van der Waals surface area contributed by atoms with Gasteiger partial charge in [-0.05, 0) is 63.8 Å². The average Bonchev–Trinajstić information content (AvgIpc) is 3.42. The van der Waals surface area contributed by atoms with Gasteiger partial charge in [0.05, 0.1) is 18.2 Å². The van der Waals surface area contributed by atoms with Crippen LogP contribution in [0, 0.1) is 25.2 Å². The van der Waals surface area contributed by atoms with E-state index in [2.05, 4.69) is 57.7 Å². The van der Waals surface area contributed by atoms with Crippen LogP contribution >= 0.6 is 0 Å². The van der Waals surface area contributed by atoms with Gasteiger partial charge in [-0.2, -0.15) is 5.26 Å². The first-order chi connectivity index (χ1) is 14.5. The van der Waals surface area contributed by atoms with Crippen LogP contribution in [0.4, 0.5) is 5.82 Å². The van der Waals surface area contributed by atoms with Crippen molar-refractivity contribution in [2.45, 2.75) is 70.9 Å². The lowest BCUT2D eigenvalue weighted by Crippen LogP contribution is -2.34. The van der Waals surface area contributed by atoms with Crippen LogP contribution < -0.4 is 5.32 Å². The third-order valence-electron chi connectivity index (χ3n) is 7.10. The largest absolute Gasteiger partial charge is 0.353 e. The van der Waals surface area contributed by atoms with Crippen molar-refractivity contribution in [3.05, 3.63) is 40.8 Å². The molecule has 2 aromatic heterocycles. The number of aryl methyl sites for hydroxylation is 1. The molecule has 0 bridgehead atoms. The summed E-state index contributed by atoms with van der Waals surface area (Å²) >= 11 is 0. The molecule has 1 unspecified atom stereocenters. The first kappa shape index (κ1) is 20.7. The molecule has 1 saturated heterocycles. The average molecular weight is 408 g/mol. The summed E-state index contributed by atoms with van der Waals surface area (Å²) in [5, 5.41) is 13.0. The van der Waals surface area contributed by atoms with E-state index in [0.29, 0.717) is 24.0 Å². The molecule has 1 saturated carbocycles. The van der Waals surface area contributed by atoms with E-state index in [-0.39, 0.29) is 11.9 Å². The molecule has 1 atom stereocenters. The lowest BCUT2D eigenvalue weighted by molar-refractivity contribution is -0.117. The number of rotatable bonds is 5. The maximum absolute atomic E-state index is 13.1. The number of aromatic nitrogens is 2. The van der Waals surface area contributed by atoms with Gasteiger partial charge in [0.2, 0.25) is 5.91 Å². The minimum atomic E-state index is -0.0258. The Labute approximate surface area is 179 Å². The summed E-state index contributed by atoms with van der Waals surface area (Å²) < 4.78 is 4.39. The second-order valence-corrected chi connectivity index (χ2v) is 8.93. The summed E-state index contributed by atoms with van der Waals surface area (Å²) in [6.07, 6.45) is 10.2. The van der Waals surface area contributed by atoms with Crippen molar-refractivity contribution < 1.29 is 4.79 Å². The van der Waals surface area contributed by atoms with Crippen LogP contribution in [0.5, 0.6) is 0 Å². The van der Waals surface area contributed by atoms with E-state index in [1.807, 2.05) is 6.92 Å². The summed E-state index contributed by atoms with van der Waals surface area (Å²) in [4.78, 5) is 15.4. The number of carbonyl (C=O) groups is 1. The highest BCUT2D eigenvalue weighted by atomic mass is 16.2. The smallest absolute Gasteiger partial charge is 0.239 e. The molecule has 1 aliphatic carbocycles. The van der Waals surface area contributed by atoms with Crippen molar-refractivity contribution in [2.75, 3.05) is 18.4 Å². The molecule has 2 aromatic rings. The third kappa shape index (κ3) is 3.79. The molecule has 3 heterocycles. The Morgan fingerprint density at radius 3 is 2.63 bits per heavy atom. The Bertz CT molecular complexity index is 957. The van der Waals surface area contributed by atoms with Crippen molar-refractivity contribution in [3.8, 4) is 6.07 Å². The molecule has 6 nitrogen and oxygen atoms in total. The fraction of sp³-hybridized carbons (Fsp3) is 0.583. The fourth-order valence-electron chi connectivity index (χ4n) is 5.41. The zero-order valence-electron chi connectivity index (χ0n) is 18.4. The lowest BCUT2D eigenvalue weighted by atomic mass is 9.95. The highest BCUT2D eigenvalue weighted by molar-refractivity contribution is 5.93. The summed E-state index contributed by atoms with van der Waals surface area (Å²) in [5.41, 5.74) is 3.97. The molecule has 6 heteroatoms. The molecule has 30 heavy (non-hydrogen) atoms. The van der Waals surface area contributed by atoms with Gasteiger partial charge in [0, 0.05) is 30.7 Å². The number of anilines is 1. The Kier molecular flexibility index (Phi) is 6.01. The van der Waals surface area contributed by atoms with E-state index < -0.39 is 0 Å². The quantitative estimate of drug-likeness (QED) is 0.788. The Morgan fingerprint density at radius 1 is 1.20 bits per heavy atom. The summed E-state index contributed by atoms with van der Waals surface area (Å²) in [7, 11) is 2.06. The van der Waals surface area contributed by atoms with Gasteiger partial charge in [-0.1, -0.05) is 19.3 Å². The highest BCUT2D eigenvalue weighted by Gasteiger charge is 2.30. The van der Waals surface area contributed by atoms with Gasteiger partial charge >= 0.3 is 0 Å². The Hall–Kier alpha value is -2.52. The van der Waals surface area contributed by atoms with Crippen LogP contribution in [-0.2, 0) is 11.8 Å². The number of nitriles is 1. The van der Waals surface area contributed by atoms with Gasteiger partial charge in [-0.15, -0.1) is 0 Å². The predicted octanol–water partition coefficient (Wildman–Crippen LogP) is 4.60. The molecule has 2 fully saturated rings. The van der Waals surface area contributed by atoms with E-state index >= 15 is 0 Å². The molecule has 1 amide bonds.